The first-order valence-electron chi connectivity index (χ1n) is 6.26. The number of amides is 1. The van der Waals surface area contributed by atoms with Gasteiger partial charge in [-0.05, 0) is 31.2 Å². The van der Waals surface area contributed by atoms with Crippen molar-refractivity contribution in [3.63, 3.8) is 0 Å². The van der Waals surface area contributed by atoms with Crippen LogP contribution in [0.2, 0.25) is 0 Å². The first kappa shape index (κ1) is 15.7. The average Bonchev–Trinajstić information content (AvgIpc) is 2.41. The third-order valence-electron chi connectivity index (χ3n) is 2.83. The molecule has 0 saturated carbocycles. The fourth-order valence-corrected chi connectivity index (χ4v) is 1.73. The van der Waals surface area contributed by atoms with E-state index in [9.17, 15) is 22.8 Å². The maximum atomic E-state index is 12.4. The Hall–Kier alpha value is -2.64. The molecule has 116 valence electrons. The smallest absolute Gasteiger partial charge is 0.325 e. The number of hydrogen-bond acceptors (Lipinski definition) is 3. The standard InChI is InChI=1S/C14H12F3N3O2/c1-9-6-13(22)20(8-18-9)7-12(21)19-11-4-2-10(3-5-11)14(15,16)17/h2-6,8H,7H2,1H3,(H,19,21). The zero-order valence-corrected chi connectivity index (χ0v) is 11.5. The summed E-state index contributed by atoms with van der Waals surface area (Å²) in [5.41, 5.74) is -0.435. The van der Waals surface area contributed by atoms with Gasteiger partial charge in [-0.1, -0.05) is 0 Å². The number of benzene rings is 1. The van der Waals surface area contributed by atoms with Gasteiger partial charge < -0.3 is 5.32 Å². The quantitative estimate of drug-likeness (QED) is 0.945. The molecule has 2 aromatic rings. The summed E-state index contributed by atoms with van der Waals surface area (Å²) >= 11 is 0. The Bertz CT molecular complexity index is 736. The van der Waals surface area contributed by atoms with Gasteiger partial charge in [-0.3, -0.25) is 14.2 Å². The molecule has 0 fully saturated rings. The highest BCUT2D eigenvalue weighted by Gasteiger charge is 2.29. The number of carbonyl (C=O) groups is 1. The molecule has 1 heterocycles. The number of nitrogens with zero attached hydrogens (tertiary/aromatic N) is 2. The molecule has 0 aliphatic rings. The third-order valence-corrected chi connectivity index (χ3v) is 2.83. The van der Waals surface area contributed by atoms with Crippen LogP contribution in [0.5, 0.6) is 0 Å². The van der Waals surface area contributed by atoms with Crippen molar-refractivity contribution in [1.82, 2.24) is 9.55 Å². The second kappa shape index (κ2) is 6.00. The van der Waals surface area contributed by atoms with E-state index in [0.29, 0.717) is 5.69 Å². The maximum absolute atomic E-state index is 12.4. The van der Waals surface area contributed by atoms with E-state index in [-0.39, 0.29) is 17.8 Å². The minimum absolute atomic E-state index is 0.214. The highest BCUT2D eigenvalue weighted by Crippen LogP contribution is 2.29. The molecule has 0 spiro atoms. The monoisotopic (exact) mass is 311 g/mol. The van der Waals surface area contributed by atoms with Crippen LogP contribution < -0.4 is 10.9 Å². The molecule has 0 unspecified atom stereocenters. The van der Waals surface area contributed by atoms with Gasteiger partial charge in [0, 0.05) is 17.4 Å². The number of aromatic nitrogens is 2. The number of alkyl halides is 3. The Morgan fingerprint density at radius 3 is 2.45 bits per heavy atom. The van der Waals surface area contributed by atoms with Gasteiger partial charge in [0.25, 0.3) is 5.56 Å². The van der Waals surface area contributed by atoms with Crippen molar-refractivity contribution in [3.05, 3.63) is 58.3 Å². The topological polar surface area (TPSA) is 64.0 Å². The summed E-state index contributed by atoms with van der Waals surface area (Å²) in [6.45, 7) is 1.38. The Kier molecular flexibility index (Phi) is 4.30. The zero-order chi connectivity index (χ0) is 16.3. The van der Waals surface area contributed by atoms with Gasteiger partial charge in [0.05, 0.1) is 11.9 Å². The fourth-order valence-electron chi connectivity index (χ4n) is 1.73. The lowest BCUT2D eigenvalue weighted by molar-refractivity contribution is -0.137. The van der Waals surface area contributed by atoms with E-state index in [1.54, 1.807) is 6.92 Å². The van der Waals surface area contributed by atoms with Crippen LogP contribution in [-0.4, -0.2) is 15.5 Å². The summed E-state index contributed by atoms with van der Waals surface area (Å²) < 4.78 is 38.3. The lowest BCUT2D eigenvalue weighted by Crippen LogP contribution is -2.27. The number of carbonyl (C=O) groups excluding carboxylic acids is 1. The average molecular weight is 311 g/mol. The van der Waals surface area contributed by atoms with E-state index < -0.39 is 17.6 Å². The molecule has 0 saturated heterocycles. The van der Waals surface area contributed by atoms with Crippen molar-refractivity contribution in [1.29, 1.82) is 0 Å². The van der Waals surface area contributed by atoms with E-state index in [2.05, 4.69) is 10.3 Å². The van der Waals surface area contributed by atoms with E-state index in [1.807, 2.05) is 0 Å². The molecular weight excluding hydrogens is 299 g/mol. The van der Waals surface area contributed by atoms with Crippen LogP contribution in [0.25, 0.3) is 0 Å². The summed E-state index contributed by atoms with van der Waals surface area (Å²) in [6, 6.07) is 5.32. The summed E-state index contributed by atoms with van der Waals surface area (Å²) in [6.07, 6.45) is -3.19. The fraction of sp³-hybridized carbons (Fsp3) is 0.214. The molecular formula is C14H12F3N3O2. The second-order valence-electron chi connectivity index (χ2n) is 4.62. The molecule has 0 aliphatic carbocycles. The van der Waals surface area contributed by atoms with Crippen LogP contribution in [-0.2, 0) is 17.5 Å². The Morgan fingerprint density at radius 1 is 1.27 bits per heavy atom. The molecule has 0 radical (unpaired) electrons. The van der Waals surface area contributed by atoms with Gasteiger partial charge >= 0.3 is 6.18 Å². The summed E-state index contributed by atoms with van der Waals surface area (Å²) in [4.78, 5) is 27.3. The Labute approximate surface area is 123 Å². The zero-order valence-electron chi connectivity index (χ0n) is 11.5. The Morgan fingerprint density at radius 2 is 1.91 bits per heavy atom. The van der Waals surface area contributed by atoms with Crippen molar-refractivity contribution < 1.29 is 18.0 Å². The number of halogens is 3. The number of nitrogens with one attached hydrogen (secondary N) is 1. The summed E-state index contributed by atoms with van der Waals surface area (Å²) in [5.74, 6) is -0.535. The minimum Gasteiger partial charge on any atom is -0.325 e. The largest absolute Gasteiger partial charge is 0.416 e. The van der Waals surface area contributed by atoms with Crippen LogP contribution in [0.3, 0.4) is 0 Å². The van der Waals surface area contributed by atoms with E-state index in [1.165, 1.54) is 12.4 Å². The van der Waals surface area contributed by atoms with Crippen LogP contribution in [0.1, 0.15) is 11.3 Å². The molecule has 1 aromatic carbocycles. The first-order valence-corrected chi connectivity index (χ1v) is 6.26. The van der Waals surface area contributed by atoms with Crippen LogP contribution in [0, 0.1) is 6.92 Å². The third kappa shape index (κ3) is 3.94. The summed E-state index contributed by atoms with van der Waals surface area (Å²) in [7, 11) is 0. The van der Waals surface area contributed by atoms with Crippen molar-refractivity contribution in [2.75, 3.05) is 5.32 Å². The van der Waals surface area contributed by atoms with Crippen molar-refractivity contribution >= 4 is 11.6 Å². The first-order chi connectivity index (χ1) is 10.3. The minimum atomic E-state index is -4.43. The van der Waals surface area contributed by atoms with Crippen molar-refractivity contribution in [2.24, 2.45) is 0 Å². The van der Waals surface area contributed by atoms with Crippen LogP contribution in [0.4, 0.5) is 18.9 Å². The molecule has 1 aromatic heterocycles. The van der Waals surface area contributed by atoms with Crippen molar-refractivity contribution in [3.8, 4) is 0 Å². The number of anilines is 1. The van der Waals surface area contributed by atoms with Crippen molar-refractivity contribution in [2.45, 2.75) is 19.6 Å². The van der Waals surface area contributed by atoms with E-state index >= 15 is 0 Å². The van der Waals surface area contributed by atoms with Gasteiger partial charge in [0.1, 0.15) is 6.54 Å². The van der Waals surface area contributed by atoms with Gasteiger partial charge in [-0.2, -0.15) is 13.2 Å². The maximum Gasteiger partial charge on any atom is 0.416 e. The molecule has 0 aliphatic heterocycles. The number of rotatable bonds is 3. The molecule has 1 N–H and O–H groups in total. The van der Waals surface area contributed by atoms with Gasteiger partial charge in [0.2, 0.25) is 5.91 Å². The van der Waals surface area contributed by atoms with Crippen LogP contribution >= 0.6 is 0 Å². The van der Waals surface area contributed by atoms with E-state index in [4.69, 9.17) is 0 Å². The van der Waals surface area contributed by atoms with Gasteiger partial charge in [0.15, 0.2) is 0 Å². The normalized spacial score (nSPS) is 11.3. The van der Waals surface area contributed by atoms with Gasteiger partial charge in [-0.25, -0.2) is 4.98 Å². The highest BCUT2D eigenvalue weighted by atomic mass is 19.4. The lowest BCUT2D eigenvalue weighted by Gasteiger charge is -2.09. The molecule has 0 atom stereocenters. The molecule has 22 heavy (non-hydrogen) atoms. The highest BCUT2D eigenvalue weighted by molar-refractivity contribution is 5.90. The number of aryl methyl sites for hydroxylation is 1. The van der Waals surface area contributed by atoms with E-state index in [0.717, 1.165) is 28.8 Å². The van der Waals surface area contributed by atoms with Crippen LogP contribution in [0.15, 0.2) is 41.5 Å². The second-order valence-corrected chi connectivity index (χ2v) is 4.62. The molecule has 2 rings (SSSR count). The SMILES string of the molecule is Cc1cc(=O)n(CC(=O)Nc2ccc(C(F)(F)F)cc2)cn1. The molecule has 5 nitrogen and oxygen atoms in total. The molecule has 8 heteroatoms. The summed E-state index contributed by atoms with van der Waals surface area (Å²) in [5, 5.41) is 2.42. The molecule has 1 amide bonds. The predicted octanol–water partition coefficient (Wildman–Crippen LogP) is 2.21. The Balaban J connectivity index is 2.04. The lowest BCUT2D eigenvalue weighted by atomic mass is 10.2. The predicted molar refractivity (Wildman–Crippen MR) is 73.3 cm³/mol. The molecule has 0 bridgehead atoms. The van der Waals surface area contributed by atoms with Gasteiger partial charge in [-0.15, -0.1) is 0 Å². The number of hydrogen-bond donors (Lipinski definition) is 1.